The summed E-state index contributed by atoms with van der Waals surface area (Å²) in [5, 5.41) is 0. The minimum Gasteiger partial charge on any atom is -0.326 e. The summed E-state index contributed by atoms with van der Waals surface area (Å²) in [6.45, 7) is 2.64. The second-order valence-corrected chi connectivity index (χ2v) is 7.64. The number of hydrogen-bond donors (Lipinski definition) is 1. The molecule has 116 valence electrons. The second-order valence-electron chi connectivity index (χ2n) is 7.64. The third-order valence-corrected chi connectivity index (χ3v) is 6.48. The van der Waals surface area contributed by atoms with Crippen molar-refractivity contribution in [3.05, 3.63) is 0 Å². The molecule has 20 heavy (non-hydrogen) atoms. The van der Waals surface area contributed by atoms with E-state index in [0.29, 0.717) is 11.6 Å². The van der Waals surface area contributed by atoms with Crippen LogP contribution in [0.4, 0.5) is 0 Å². The molecule has 2 heteroatoms. The molecule has 2 saturated carbocycles. The standard InChI is InChI=1S/C18H34N2/c19-17(16-10-4-1-2-5-11-16)18(12-6-7-13-18)20-14-8-3-9-15-20/h16-17H,1-15,19H2. The Morgan fingerprint density at radius 2 is 1.30 bits per heavy atom. The number of rotatable bonds is 3. The van der Waals surface area contributed by atoms with Gasteiger partial charge >= 0.3 is 0 Å². The summed E-state index contributed by atoms with van der Waals surface area (Å²) in [5.41, 5.74) is 7.33. The van der Waals surface area contributed by atoms with E-state index in [-0.39, 0.29) is 0 Å². The van der Waals surface area contributed by atoms with Crippen LogP contribution in [-0.2, 0) is 0 Å². The Bertz CT molecular complexity index is 282. The largest absolute Gasteiger partial charge is 0.326 e. The van der Waals surface area contributed by atoms with Crippen LogP contribution in [0.5, 0.6) is 0 Å². The molecule has 1 aliphatic heterocycles. The highest BCUT2D eigenvalue weighted by Crippen LogP contribution is 2.43. The fraction of sp³-hybridized carbons (Fsp3) is 1.00. The molecule has 2 N–H and O–H groups in total. The van der Waals surface area contributed by atoms with Gasteiger partial charge in [0.1, 0.15) is 0 Å². The van der Waals surface area contributed by atoms with Crippen LogP contribution in [0.1, 0.15) is 83.5 Å². The normalized spacial score (nSPS) is 31.1. The maximum absolute atomic E-state index is 6.95. The van der Waals surface area contributed by atoms with E-state index in [1.54, 1.807) is 0 Å². The summed E-state index contributed by atoms with van der Waals surface area (Å²) >= 11 is 0. The summed E-state index contributed by atoms with van der Waals surface area (Å²) in [5.74, 6) is 0.803. The lowest BCUT2D eigenvalue weighted by Crippen LogP contribution is -2.62. The minimum absolute atomic E-state index is 0.384. The number of nitrogens with two attached hydrogens (primary N) is 1. The summed E-state index contributed by atoms with van der Waals surface area (Å²) in [6.07, 6.45) is 18.4. The van der Waals surface area contributed by atoms with Crippen molar-refractivity contribution in [2.75, 3.05) is 13.1 Å². The molecule has 0 aromatic carbocycles. The molecule has 3 rings (SSSR count). The van der Waals surface area contributed by atoms with Crippen molar-refractivity contribution < 1.29 is 0 Å². The van der Waals surface area contributed by atoms with Crippen LogP contribution in [0.15, 0.2) is 0 Å². The van der Waals surface area contributed by atoms with Crippen molar-refractivity contribution in [2.45, 2.75) is 95.1 Å². The molecule has 0 spiro atoms. The van der Waals surface area contributed by atoms with Crippen LogP contribution in [0.3, 0.4) is 0 Å². The van der Waals surface area contributed by atoms with E-state index >= 15 is 0 Å². The molecular weight excluding hydrogens is 244 g/mol. The van der Waals surface area contributed by atoms with Gasteiger partial charge in [-0.3, -0.25) is 4.90 Å². The van der Waals surface area contributed by atoms with E-state index in [1.807, 2.05) is 0 Å². The number of hydrogen-bond acceptors (Lipinski definition) is 2. The Morgan fingerprint density at radius 1 is 0.750 bits per heavy atom. The Balaban J connectivity index is 1.74. The summed E-state index contributed by atoms with van der Waals surface area (Å²) in [7, 11) is 0. The van der Waals surface area contributed by atoms with Gasteiger partial charge in [-0.05, 0) is 57.5 Å². The molecule has 2 aliphatic carbocycles. The van der Waals surface area contributed by atoms with Crippen LogP contribution in [0.2, 0.25) is 0 Å². The highest BCUT2D eigenvalue weighted by atomic mass is 15.2. The molecule has 0 aromatic rings. The fourth-order valence-corrected chi connectivity index (χ4v) is 5.30. The Kier molecular flexibility index (Phi) is 5.04. The lowest BCUT2D eigenvalue weighted by atomic mass is 9.76. The summed E-state index contributed by atoms with van der Waals surface area (Å²) < 4.78 is 0. The van der Waals surface area contributed by atoms with Gasteiger partial charge in [0.15, 0.2) is 0 Å². The van der Waals surface area contributed by atoms with Crippen LogP contribution in [0.25, 0.3) is 0 Å². The monoisotopic (exact) mass is 278 g/mol. The smallest absolute Gasteiger partial charge is 0.0363 e. The summed E-state index contributed by atoms with van der Waals surface area (Å²) in [4.78, 5) is 2.83. The molecule has 0 radical (unpaired) electrons. The summed E-state index contributed by atoms with van der Waals surface area (Å²) in [6, 6.07) is 0.446. The molecule has 1 unspecified atom stereocenters. The lowest BCUT2D eigenvalue weighted by Gasteiger charge is -2.49. The van der Waals surface area contributed by atoms with Crippen molar-refractivity contribution in [1.82, 2.24) is 4.90 Å². The molecule has 1 saturated heterocycles. The van der Waals surface area contributed by atoms with E-state index in [0.717, 1.165) is 5.92 Å². The molecule has 0 amide bonds. The molecule has 0 bridgehead atoms. The highest BCUT2D eigenvalue weighted by molar-refractivity contribution is 5.05. The molecule has 2 nitrogen and oxygen atoms in total. The molecule has 3 fully saturated rings. The zero-order chi connectivity index (χ0) is 13.8. The average Bonchev–Trinajstić information content (AvgIpc) is 2.84. The molecule has 1 atom stereocenters. The first-order chi connectivity index (χ1) is 9.83. The first-order valence-corrected chi connectivity index (χ1v) is 9.34. The molecule has 3 aliphatic rings. The quantitative estimate of drug-likeness (QED) is 0.788. The maximum Gasteiger partial charge on any atom is 0.0363 e. The van der Waals surface area contributed by atoms with Gasteiger partial charge in [0, 0.05) is 11.6 Å². The van der Waals surface area contributed by atoms with Crippen molar-refractivity contribution in [1.29, 1.82) is 0 Å². The van der Waals surface area contributed by atoms with Gasteiger partial charge < -0.3 is 5.73 Å². The average molecular weight is 278 g/mol. The first-order valence-electron chi connectivity index (χ1n) is 9.34. The Labute approximate surface area is 125 Å². The van der Waals surface area contributed by atoms with Crippen molar-refractivity contribution >= 4 is 0 Å². The van der Waals surface area contributed by atoms with E-state index in [9.17, 15) is 0 Å². The number of likely N-dealkylation sites (tertiary alicyclic amines) is 1. The van der Waals surface area contributed by atoms with Gasteiger partial charge in [-0.25, -0.2) is 0 Å². The van der Waals surface area contributed by atoms with Gasteiger partial charge in [-0.15, -0.1) is 0 Å². The van der Waals surface area contributed by atoms with Crippen LogP contribution < -0.4 is 5.73 Å². The first kappa shape index (κ1) is 14.8. The van der Waals surface area contributed by atoms with Gasteiger partial charge in [0.25, 0.3) is 0 Å². The minimum atomic E-state index is 0.384. The molecular formula is C18H34N2. The SMILES string of the molecule is NC(C1CCCCCC1)C1(N2CCCCC2)CCCC1. The van der Waals surface area contributed by atoms with Crippen LogP contribution >= 0.6 is 0 Å². The van der Waals surface area contributed by atoms with Crippen LogP contribution in [0, 0.1) is 5.92 Å². The van der Waals surface area contributed by atoms with E-state index in [2.05, 4.69) is 4.90 Å². The Morgan fingerprint density at radius 3 is 1.90 bits per heavy atom. The zero-order valence-electron chi connectivity index (χ0n) is 13.3. The zero-order valence-corrected chi connectivity index (χ0v) is 13.3. The topological polar surface area (TPSA) is 29.3 Å². The highest BCUT2D eigenvalue weighted by Gasteiger charge is 2.46. The van der Waals surface area contributed by atoms with Gasteiger partial charge in [-0.2, -0.15) is 0 Å². The van der Waals surface area contributed by atoms with Gasteiger partial charge in [0.05, 0.1) is 0 Å². The predicted molar refractivity (Wildman–Crippen MR) is 85.8 cm³/mol. The second kappa shape index (κ2) is 6.79. The number of nitrogens with zero attached hydrogens (tertiary/aromatic N) is 1. The third kappa shape index (κ3) is 2.92. The van der Waals surface area contributed by atoms with Gasteiger partial charge in [-0.1, -0.05) is 44.9 Å². The van der Waals surface area contributed by atoms with Crippen molar-refractivity contribution in [3.8, 4) is 0 Å². The predicted octanol–water partition coefficient (Wildman–Crippen LogP) is 4.08. The van der Waals surface area contributed by atoms with E-state index in [4.69, 9.17) is 5.73 Å². The number of piperidine rings is 1. The van der Waals surface area contributed by atoms with Crippen molar-refractivity contribution in [3.63, 3.8) is 0 Å². The maximum atomic E-state index is 6.95. The fourth-order valence-electron chi connectivity index (χ4n) is 5.30. The Hall–Kier alpha value is -0.0800. The van der Waals surface area contributed by atoms with E-state index < -0.39 is 0 Å². The van der Waals surface area contributed by atoms with Crippen LogP contribution in [-0.4, -0.2) is 29.6 Å². The third-order valence-electron chi connectivity index (χ3n) is 6.48. The van der Waals surface area contributed by atoms with Crippen molar-refractivity contribution in [2.24, 2.45) is 11.7 Å². The van der Waals surface area contributed by atoms with E-state index in [1.165, 1.54) is 96.6 Å². The lowest BCUT2D eigenvalue weighted by molar-refractivity contribution is 0.0278. The molecule has 0 aromatic heterocycles. The van der Waals surface area contributed by atoms with Gasteiger partial charge in [0.2, 0.25) is 0 Å². The molecule has 1 heterocycles.